The van der Waals surface area contributed by atoms with E-state index in [1.807, 2.05) is 26.1 Å². The van der Waals surface area contributed by atoms with Crippen molar-refractivity contribution in [3.05, 3.63) is 29.0 Å². The van der Waals surface area contributed by atoms with Crippen LogP contribution in [0.25, 0.3) is 0 Å². The molecular formula is C11H13ClN2. The molecule has 0 saturated heterocycles. The highest BCUT2D eigenvalue weighted by Gasteiger charge is 2.08. The van der Waals surface area contributed by atoms with Gasteiger partial charge in [0.1, 0.15) is 0 Å². The van der Waals surface area contributed by atoms with Gasteiger partial charge in [-0.25, -0.2) is 0 Å². The molecule has 3 heteroatoms. The summed E-state index contributed by atoms with van der Waals surface area (Å²) in [6, 6.07) is 3.94. The van der Waals surface area contributed by atoms with Crippen LogP contribution < -0.4 is 5.32 Å². The van der Waals surface area contributed by atoms with Gasteiger partial charge < -0.3 is 5.32 Å². The van der Waals surface area contributed by atoms with E-state index in [0.29, 0.717) is 5.02 Å². The van der Waals surface area contributed by atoms with Crippen molar-refractivity contribution < 1.29 is 0 Å². The molecule has 1 unspecified atom stereocenters. The molecule has 1 N–H and O–H groups in total. The summed E-state index contributed by atoms with van der Waals surface area (Å²) in [4.78, 5) is 4.24. The quantitative estimate of drug-likeness (QED) is 0.772. The topological polar surface area (TPSA) is 24.9 Å². The van der Waals surface area contributed by atoms with E-state index in [-0.39, 0.29) is 6.04 Å². The van der Waals surface area contributed by atoms with Gasteiger partial charge >= 0.3 is 0 Å². The third kappa shape index (κ3) is 3.02. The molecule has 74 valence electrons. The van der Waals surface area contributed by atoms with Crippen LogP contribution in [-0.4, -0.2) is 12.0 Å². The van der Waals surface area contributed by atoms with Crippen LogP contribution in [-0.2, 0) is 0 Å². The van der Waals surface area contributed by atoms with E-state index in [1.54, 1.807) is 6.20 Å². The first-order valence-electron chi connectivity index (χ1n) is 4.46. The van der Waals surface area contributed by atoms with Crippen LogP contribution in [0.2, 0.25) is 5.02 Å². The Bertz CT molecular complexity index is 335. The minimum Gasteiger partial charge on any atom is -0.311 e. The van der Waals surface area contributed by atoms with Crippen LogP contribution in [0.4, 0.5) is 0 Å². The summed E-state index contributed by atoms with van der Waals surface area (Å²) >= 11 is 5.75. The van der Waals surface area contributed by atoms with E-state index in [4.69, 9.17) is 11.6 Å². The van der Waals surface area contributed by atoms with Crippen molar-refractivity contribution in [2.24, 2.45) is 0 Å². The molecule has 0 aliphatic carbocycles. The van der Waals surface area contributed by atoms with Crippen molar-refractivity contribution in [2.45, 2.75) is 19.4 Å². The SMILES string of the molecule is CC#CCC(NC)c1ccc(Cl)cn1. The lowest BCUT2D eigenvalue weighted by atomic mass is 10.1. The van der Waals surface area contributed by atoms with Gasteiger partial charge in [-0.05, 0) is 26.1 Å². The maximum atomic E-state index is 5.75. The molecule has 0 aromatic carbocycles. The standard InChI is InChI=1S/C11H13ClN2/c1-3-4-5-10(13-2)11-7-6-9(12)8-14-11/h6-8,10,13H,5H2,1-2H3. The van der Waals surface area contributed by atoms with Gasteiger partial charge in [-0.1, -0.05) is 11.6 Å². The van der Waals surface area contributed by atoms with Crippen molar-refractivity contribution in [1.29, 1.82) is 0 Å². The number of aromatic nitrogens is 1. The highest BCUT2D eigenvalue weighted by Crippen LogP contribution is 2.15. The van der Waals surface area contributed by atoms with Gasteiger partial charge in [0.2, 0.25) is 0 Å². The molecule has 0 fully saturated rings. The number of nitrogens with one attached hydrogen (secondary N) is 1. The molecule has 2 nitrogen and oxygen atoms in total. The molecule has 1 aromatic rings. The van der Waals surface area contributed by atoms with Crippen molar-refractivity contribution in [3.8, 4) is 11.8 Å². The number of nitrogens with zero attached hydrogens (tertiary/aromatic N) is 1. The highest BCUT2D eigenvalue weighted by atomic mass is 35.5. The van der Waals surface area contributed by atoms with Crippen LogP contribution >= 0.6 is 11.6 Å². The first kappa shape index (κ1) is 11.0. The van der Waals surface area contributed by atoms with E-state index >= 15 is 0 Å². The molecule has 0 radical (unpaired) electrons. The van der Waals surface area contributed by atoms with E-state index in [1.165, 1.54) is 0 Å². The van der Waals surface area contributed by atoms with Gasteiger partial charge in [-0.15, -0.1) is 11.8 Å². The molecule has 0 spiro atoms. The molecule has 0 amide bonds. The zero-order valence-corrected chi connectivity index (χ0v) is 9.10. The molecule has 0 aliphatic heterocycles. The summed E-state index contributed by atoms with van der Waals surface area (Å²) in [5.74, 6) is 5.90. The van der Waals surface area contributed by atoms with Crippen molar-refractivity contribution in [3.63, 3.8) is 0 Å². The second kappa shape index (κ2) is 5.64. The Hall–Kier alpha value is -1.04. The fourth-order valence-electron chi connectivity index (χ4n) is 1.15. The summed E-state index contributed by atoms with van der Waals surface area (Å²) in [7, 11) is 1.90. The van der Waals surface area contributed by atoms with Crippen LogP contribution in [0.5, 0.6) is 0 Å². The summed E-state index contributed by atoms with van der Waals surface area (Å²) < 4.78 is 0. The number of pyridine rings is 1. The van der Waals surface area contributed by atoms with Crippen LogP contribution in [0.15, 0.2) is 18.3 Å². The lowest BCUT2D eigenvalue weighted by Crippen LogP contribution is -2.16. The summed E-state index contributed by atoms with van der Waals surface area (Å²) in [6.07, 6.45) is 2.42. The zero-order chi connectivity index (χ0) is 10.4. The van der Waals surface area contributed by atoms with Crippen molar-refractivity contribution in [2.75, 3.05) is 7.05 Å². The molecule has 0 bridgehead atoms. The van der Waals surface area contributed by atoms with E-state index in [2.05, 4.69) is 22.1 Å². The first-order valence-corrected chi connectivity index (χ1v) is 4.84. The second-order valence-corrected chi connectivity index (χ2v) is 3.31. The summed E-state index contributed by atoms with van der Waals surface area (Å²) in [5.41, 5.74) is 0.972. The summed E-state index contributed by atoms with van der Waals surface area (Å²) in [6.45, 7) is 1.84. The zero-order valence-electron chi connectivity index (χ0n) is 8.34. The van der Waals surface area contributed by atoms with Crippen LogP contribution in [0.1, 0.15) is 25.1 Å². The van der Waals surface area contributed by atoms with Gasteiger partial charge in [0.15, 0.2) is 0 Å². The molecule has 14 heavy (non-hydrogen) atoms. The van der Waals surface area contributed by atoms with Gasteiger partial charge in [-0.2, -0.15) is 0 Å². The minimum atomic E-state index is 0.180. The third-order valence-corrected chi connectivity index (χ3v) is 2.16. The Balaban J connectivity index is 2.76. The number of rotatable bonds is 3. The first-order chi connectivity index (χ1) is 6.77. The average molecular weight is 209 g/mol. The Labute approximate surface area is 89.7 Å². The van der Waals surface area contributed by atoms with Crippen molar-refractivity contribution in [1.82, 2.24) is 10.3 Å². The number of hydrogen-bond acceptors (Lipinski definition) is 2. The lowest BCUT2D eigenvalue weighted by molar-refractivity contribution is 0.594. The molecule has 1 aromatic heterocycles. The van der Waals surface area contributed by atoms with Gasteiger partial charge in [-0.3, -0.25) is 4.98 Å². The average Bonchev–Trinajstić information content (AvgIpc) is 2.21. The predicted octanol–water partition coefficient (Wildman–Crippen LogP) is 2.41. The van der Waals surface area contributed by atoms with Crippen LogP contribution in [0, 0.1) is 11.8 Å². The van der Waals surface area contributed by atoms with Gasteiger partial charge in [0.05, 0.1) is 16.8 Å². The van der Waals surface area contributed by atoms with E-state index in [9.17, 15) is 0 Å². The van der Waals surface area contributed by atoms with Crippen LogP contribution in [0.3, 0.4) is 0 Å². The van der Waals surface area contributed by atoms with Crippen molar-refractivity contribution >= 4 is 11.6 Å². The molecule has 1 atom stereocenters. The number of halogens is 1. The van der Waals surface area contributed by atoms with E-state index < -0.39 is 0 Å². The Morgan fingerprint density at radius 2 is 2.36 bits per heavy atom. The maximum Gasteiger partial charge on any atom is 0.0603 e. The molecule has 0 aliphatic rings. The number of hydrogen-bond donors (Lipinski definition) is 1. The van der Waals surface area contributed by atoms with Gasteiger partial charge in [0.25, 0.3) is 0 Å². The fraction of sp³-hybridized carbons (Fsp3) is 0.364. The lowest BCUT2D eigenvalue weighted by Gasteiger charge is -2.11. The smallest absolute Gasteiger partial charge is 0.0603 e. The molecule has 1 rings (SSSR count). The Kier molecular flexibility index (Phi) is 4.45. The Morgan fingerprint density at radius 1 is 1.57 bits per heavy atom. The molecular weight excluding hydrogens is 196 g/mol. The molecule has 0 saturated carbocycles. The third-order valence-electron chi connectivity index (χ3n) is 1.94. The minimum absolute atomic E-state index is 0.180. The van der Waals surface area contributed by atoms with E-state index in [0.717, 1.165) is 12.1 Å². The molecule has 1 heterocycles. The maximum absolute atomic E-state index is 5.75. The highest BCUT2D eigenvalue weighted by molar-refractivity contribution is 6.30. The Morgan fingerprint density at radius 3 is 2.86 bits per heavy atom. The second-order valence-electron chi connectivity index (χ2n) is 2.87. The fourth-order valence-corrected chi connectivity index (χ4v) is 1.26. The summed E-state index contributed by atoms with van der Waals surface area (Å²) in [5, 5.41) is 3.82. The monoisotopic (exact) mass is 208 g/mol. The largest absolute Gasteiger partial charge is 0.311 e. The normalized spacial score (nSPS) is 11.6. The predicted molar refractivity (Wildman–Crippen MR) is 59.1 cm³/mol. The van der Waals surface area contributed by atoms with Gasteiger partial charge in [0, 0.05) is 12.6 Å².